The molecule has 0 saturated heterocycles. The summed E-state index contributed by atoms with van der Waals surface area (Å²) >= 11 is 6.27. The van der Waals surface area contributed by atoms with Gasteiger partial charge in [-0.3, -0.25) is 9.59 Å². The van der Waals surface area contributed by atoms with Crippen molar-refractivity contribution in [2.24, 2.45) is 0 Å². The van der Waals surface area contributed by atoms with Crippen molar-refractivity contribution in [2.75, 3.05) is 6.61 Å². The summed E-state index contributed by atoms with van der Waals surface area (Å²) in [4.78, 5) is 29.2. The highest BCUT2D eigenvalue weighted by Crippen LogP contribution is 2.22. The second-order valence-electron chi connectivity index (χ2n) is 10.2. The minimum Gasteiger partial charge on any atom is -0.484 e. The van der Waals surface area contributed by atoms with Gasteiger partial charge < -0.3 is 15.0 Å². The van der Waals surface area contributed by atoms with Gasteiger partial charge in [-0.05, 0) is 73.2 Å². The van der Waals surface area contributed by atoms with Crippen LogP contribution in [0.1, 0.15) is 54.4 Å². The number of carbonyl (C=O) groups is 2. The predicted molar refractivity (Wildman–Crippen MR) is 152 cm³/mol. The van der Waals surface area contributed by atoms with E-state index in [1.165, 1.54) is 6.42 Å². The second kappa shape index (κ2) is 13.5. The highest BCUT2D eigenvalue weighted by molar-refractivity contribution is 6.30. The number of halogens is 1. The molecule has 0 aromatic heterocycles. The van der Waals surface area contributed by atoms with E-state index >= 15 is 0 Å². The maximum Gasteiger partial charge on any atom is 0.261 e. The van der Waals surface area contributed by atoms with E-state index in [9.17, 15) is 9.59 Å². The first-order valence-electron chi connectivity index (χ1n) is 13.5. The first-order valence-corrected chi connectivity index (χ1v) is 13.8. The van der Waals surface area contributed by atoms with Crippen LogP contribution in [0.4, 0.5) is 0 Å². The van der Waals surface area contributed by atoms with Crippen LogP contribution in [-0.4, -0.2) is 35.4 Å². The van der Waals surface area contributed by atoms with Crippen LogP contribution in [0, 0.1) is 13.8 Å². The number of amides is 2. The van der Waals surface area contributed by atoms with Gasteiger partial charge in [0.25, 0.3) is 5.91 Å². The van der Waals surface area contributed by atoms with Crippen LogP contribution in [0.15, 0.2) is 72.8 Å². The molecule has 1 saturated carbocycles. The van der Waals surface area contributed by atoms with Gasteiger partial charge in [-0.1, -0.05) is 79.4 Å². The Labute approximate surface area is 231 Å². The minimum absolute atomic E-state index is 0.123. The Morgan fingerprint density at radius 1 is 0.921 bits per heavy atom. The molecule has 0 aliphatic heterocycles. The topological polar surface area (TPSA) is 58.6 Å². The van der Waals surface area contributed by atoms with Crippen molar-refractivity contribution in [3.8, 4) is 5.75 Å². The molecule has 200 valence electrons. The lowest BCUT2D eigenvalue weighted by atomic mass is 9.94. The Kier molecular flexibility index (Phi) is 9.83. The Morgan fingerprint density at radius 2 is 1.66 bits per heavy atom. The molecule has 38 heavy (non-hydrogen) atoms. The fourth-order valence-electron chi connectivity index (χ4n) is 4.96. The van der Waals surface area contributed by atoms with Crippen molar-refractivity contribution in [1.29, 1.82) is 0 Å². The van der Waals surface area contributed by atoms with E-state index in [0.29, 0.717) is 17.2 Å². The maximum atomic E-state index is 13.8. The number of nitrogens with zero attached hydrogens (tertiary/aromatic N) is 1. The van der Waals surface area contributed by atoms with Crippen LogP contribution in [0.2, 0.25) is 5.02 Å². The summed E-state index contributed by atoms with van der Waals surface area (Å²) in [5, 5.41) is 3.85. The van der Waals surface area contributed by atoms with Crippen molar-refractivity contribution in [2.45, 2.75) is 71.0 Å². The number of rotatable bonds is 10. The molecule has 3 aromatic carbocycles. The Balaban J connectivity index is 1.61. The summed E-state index contributed by atoms with van der Waals surface area (Å²) in [6.45, 7) is 4.15. The third-order valence-corrected chi connectivity index (χ3v) is 7.54. The van der Waals surface area contributed by atoms with Gasteiger partial charge in [0.05, 0.1) is 0 Å². The molecule has 6 heteroatoms. The van der Waals surface area contributed by atoms with Gasteiger partial charge in [0.2, 0.25) is 5.91 Å². The van der Waals surface area contributed by atoms with Gasteiger partial charge in [0, 0.05) is 24.0 Å². The zero-order valence-electron chi connectivity index (χ0n) is 22.3. The summed E-state index contributed by atoms with van der Waals surface area (Å²) in [7, 11) is 0. The van der Waals surface area contributed by atoms with Gasteiger partial charge in [-0.2, -0.15) is 0 Å². The first kappa shape index (κ1) is 27.7. The number of nitrogens with one attached hydrogen (secondary N) is 1. The number of aryl methyl sites for hydroxylation is 2. The maximum absolute atomic E-state index is 13.8. The highest BCUT2D eigenvalue weighted by Gasteiger charge is 2.32. The molecule has 1 fully saturated rings. The number of ether oxygens (including phenoxy) is 1. The van der Waals surface area contributed by atoms with E-state index in [1.54, 1.807) is 11.0 Å². The lowest BCUT2D eigenvalue weighted by Gasteiger charge is -2.33. The Morgan fingerprint density at radius 3 is 2.37 bits per heavy atom. The van der Waals surface area contributed by atoms with Crippen LogP contribution in [0.25, 0.3) is 0 Å². The highest BCUT2D eigenvalue weighted by atomic mass is 35.5. The number of hydrogen-bond donors (Lipinski definition) is 1. The molecular weight excluding hydrogens is 496 g/mol. The Bertz CT molecular complexity index is 1220. The van der Waals surface area contributed by atoms with Crippen molar-refractivity contribution in [3.05, 3.63) is 100 Å². The molecule has 5 nitrogen and oxygen atoms in total. The van der Waals surface area contributed by atoms with E-state index in [1.807, 2.05) is 80.6 Å². The summed E-state index contributed by atoms with van der Waals surface area (Å²) in [6.07, 6.45) is 5.79. The van der Waals surface area contributed by atoms with Crippen LogP contribution in [0.3, 0.4) is 0 Å². The zero-order chi connectivity index (χ0) is 26.9. The van der Waals surface area contributed by atoms with Gasteiger partial charge >= 0.3 is 0 Å². The van der Waals surface area contributed by atoms with Gasteiger partial charge in [-0.25, -0.2) is 0 Å². The van der Waals surface area contributed by atoms with Crippen molar-refractivity contribution >= 4 is 23.4 Å². The molecule has 0 heterocycles. The molecule has 1 aliphatic rings. The molecule has 0 unspecified atom stereocenters. The van der Waals surface area contributed by atoms with E-state index in [0.717, 1.165) is 47.9 Å². The quantitative estimate of drug-likeness (QED) is 0.327. The molecular formula is C32H37ClN2O3. The fraction of sp³-hybridized carbons (Fsp3) is 0.375. The second-order valence-corrected chi connectivity index (χ2v) is 10.7. The molecule has 1 aliphatic carbocycles. The third-order valence-electron chi connectivity index (χ3n) is 7.31. The predicted octanol–water partition coefficient (Wildman–Crippen LogP) is 6.42. The van der Waals surface area contributed by atoms with E-state index < -0.39 is 6.04 Å². The zero-order valence-corrected chi connectivity index (χ0v) is 23.0. The minimum atomic E-state index is -0.686. The smallest absolute Gasteiger partial charge is 0.261 e. The molecule has 1 atom stereocenters. The summed E-state index contributed by atoms with van der Waals surface area (Å²) in [6, 6.07) is 22.5. The summed E-state index contributed by atoms with van der Waals surface area (Å²) in [5.74, 6) is 0.265. The molecule has 4 rings (SSSR count). The third kappa shape index (κ3) is 7.84. The molecule has 2 amide bonds. The van der Waals surface area contributed by atoms with Crippen LogP contribution in [0.5, 0.6) is 5.75 Å². The SMILES string of the molecule is Cc1ccc(OCC(=O)N(Cc2cccc(Cl)c2)[C@@H](Cc2ccccc2)C(=O)NC2CCCCC2)cc1C. The largest absolute Gasteiger partial charge is 0.484 e. The number of carbonyl (C=O) groups excluding carboxylic acids is 2. The summed E-state index contributed by atoms with van der Waals surface area (Å²) < 4.78 is 5.93. The molecule has 3 aromatic rings. The van der Waals surface area contributed by atoms with Crippen molar-refractivity contribution in [1.82, 2.24) is 10.2 Å². The normalized spacial score (nSPS) is 14.5. The van der Waals surface area contributed by atoms with Gasteiger partial charge in [-0.15, -0.1) is 0 Å². The van der Waals surface area contributed by atoms with Gasteiger partial charge in [0.15, 0.2) is 6.61 Å². The average molecular weight is 533 g/mol. The monoisotopic (exact) mass is 532 g/mol. The van der Waals surface area contributed by atoms with Crippen molar-refractivity contribution in [3.63, 3.8) is 0 Å². The van der Waals surface area contributed by atoms with Crippen LogP contribution in [-0.2, 0) is 22.6 Å². The lowest BCUT2D eigenvalue weighted by Crippen LogP contribution is -2.53. The molecule has 0 spiro atoms. The van der Waals surface area contributed by atoms with E-state index in [-0.39, 0.29) is 31.0 Å². The molecule has 1 N–H and O–H groups in total. The summed E-state index contributed by atoms with van der Waals surface area (Å²) in [5.41, 5.74) is 4.11. The standard InChI is InChI=1S/C32H37ClN2O3/c1-23-16-17-29(18-24(23)2)38-22-31(36)35(21-26-12-9-13-27(33)19-26)30(20-25-10-5-3-6-11-25)32(37)34-28-14-7-4-8-15-28/h3,5-6,9-13,16-19,28,30H,4,7-8,14-15,20-22H2,1-2H3,(H,34,37)/t30-/m0/s1. The Hall–Kier alpha value is -3.31. The fourth-order valence-corrected chi connectivity index (χ4v) is 5.17. The lowest BCUT2D eigenvalue weighted by molar-refractivity contribution is -0.143. The van der Waals surface area contributed by atoms with Crippen LogP contribution >= 0.6 is 11.6 Å². The van der Waals surface area contributed by atoms with Gasteiger partial charge in [0.1, 0.15) is 11.8 Å². The van der Waals surface area contributed by atoms with Crippen molar-refractivity contribution < 1.29 is 14.3 Å². The number of benzene rings is 3. The van der Waals surface area contributed by atoms with E-state index in [4.69, 9.17) is 16.3 Å². The molecule has 0 bridgehead atoms. The molecule has 0 radical (unpaired) electrons. The number of hydrogen-bond acceptors (Lipinski definition) is 3. The average Bonchev–Trinajstić information content (AvgIpc) is 2.92. The van der Waals surface area contributed by atoms with E-state index in [2.05, 4.69) is 5.32 Å². The van der Waals surface area contributed by atoms with Crippen LogP contribution < -0.4 is 10.1 Å². The first-order chi connectivity index (χ1) is 18.4.